The van der Waals surface area contributed by atoms with Gasteiger partial charge in [-0.2, -0.15) is 5.26 Å². The average Bonchev–Trinajstić information content (AvgIpc) is 3.10. The summed E-state index contributed by atoms with van der Waals surface area (Å²) >= 11 is 7.50. The van der Waals surface area contributed by atoms with Crippen molar-refractivity contribution >= 4 is 28.9 Å². The third kappa shape index (κ3) is 5.32. The molecule has 0 amide bonds. The highest BCUT2D eigenvalue weighted by atomic mass is 35.5. The van der Waals surface area contributed by atoms with Gasteiger partial charge in [0.15, 0.2) is 11.5 Å². The number of carbonyl (C=O) groups is 1. The van der Waals surface area contributed by atoms with Gasteiger partial charge in [0.1, 0.15) is 0 Å². The maximum absolute atomic E-state index is 12.3. The predicted molar refractivity (Wildman–Crippen MR) is 108 cm³/mol. The maximum atomic E-state index is 12.3. The molecular weight excluding hydrogens is 396 g/mol. The summed E-state index contributed by atoms with van der Waals surface area (Å²) in [6.45, 7) is 2.22. The molecule has 3 rings (SSSR count). The number of aromatic nitrogens is 1. The topological polar surface area (TPSA) is 72.2 Å². The van der Waals surface area contributed by atoms with Crippen LogP contribution in [0.2, 0.25) is 5.02 Å². The third-order valence-corrected chi connectivity index (χ3v) is 4.90. The number of nitriles is 1. The smallest absolute Gasteiger partial charge is 0.317 e. The van der Waals surface area contributed by atoms with Crippen LogP contribution in [0.4, 0.5) is 0 Å². The molecular formula is C21H17ClN2O3S. The van der Waals surface area contributed by atoms with Gasteiger partial charge in [-0.25, -0.2) is 4.98 Å². The van der Waals surface area contributed by atoms with E-state index >= 15 is 0 Å². The van der Waals surface area contributed by atoms with E-state index in [4.69, 9.17) is 26.3 Å². The SMILES string of the molecule is CCOc1cc(C#N)ccc1OC(=O)Cc1csc(Cc2cccc(Cl)c2)n1. The van der Waals surface area contributed by atoms with E-state index in [0.29, 0.717) is 40.8 Å². The van der Waals surface area contributed by atoms with E-state index in [1.165, 1.54) is 11.3 Å². The number of halogens is 1. The second kappa shape index (κ2) is 9.36. The van der Waals surface area contributed by atoms with Crippen LogP contribution >= 0.6 is 22.9 Å². The fourth-order valence-corrected chi connectivity index (χ4v) is 3.61. The van der Waals surface area contributed by atoms with Gasteiger partial charge in [-0.05, 0) is 36.8 Å². The van der Waals surface area contributed by atoms with Crippen LogP contribution in [0.25, 0.3) is 0 Å². The minimum atomic E-state index is -0.440. The Hall–Kier alpha value is -2.88. The summed E-state index contributed by atoms with van der Waals surface area (Å²) in [6, 6.07) is 14.3. The van der Waals surface area contributed by atoms with Crippen LogP contribution in [0.5, 0.6) is 11.5 Å². The Labute approximate surface area is 172 Å². The van der Waals surface area contributed by atoms with E-state index in [-0.39, 0.29) is 6.42 Å². The molecule has 0 aliphatic carbocycles. The van der Waals surface area contributed by atoms with Crippen molar-refractivity contribution in [3.63, 3.8) is 0 Å². The predicted octanol–water partition coefficient (Wildman–Crippen LogP) is 4.81. The van der Waals surface area contributed by atoms with Crippen LogP contribution in [-0.4, -0.2) is 17.6 Å². The Morgan fingerprint density at radius 1 is 1.25 bits per heavy atom. The van der Waals surface area contributed by atoms with Crippen molar-refractivity contribution < 1.29 is 14.3 Å². The highest BCUT2D eigenvalue weighted by Gasteiger charge is 2.14. The van der Waals surface area contributed by atoms with Gasteiger partial charge < -0.3 is 9.47 Å². The summed E-state index contributed by atoms with van der Waals surface area (Å²) in [4.78, 5) is 16.8. The number of rotatable bonds is 7. The van der Waals surface area contributed by atoms with Gasteiger partial charge in [-0.15, -0.1) is 11.3 Å². The lowest BCUT2D eigenvalue weighted by molar-refractivity contribution is -0.133. The lowest BCUT2D eigenvalue weighted by atomic mass is 10.2. The van der Waals surface area contributed by atoms with Crippen LogP contribution in [0.1, 0.15) is 28.8 Å². The number of esters is 1. The third-order valence-electron chi connectivity index (χ3n) is 3.77. The first-order chi connectivity index (χ1) is 13.6. The minimum absolute atomic E-state index is 0.0532. The summed E-state index contributed by atoms with van der Waals surface area (Å²) < 4.78 is 10.9. The lowest BCUT2D eigenvalue weighted by Gasteiger charge is -2.10. The van der Waals surface area contributed by atoms with Crippen molar-refractivity contribution in [1.29, 1.82) is 5.26 Å². The van der Waals surface area contributed by atoms with Crippen LogP contribution in [-0.2, 0) is 17.6 Å². The highest BCUT2D eigenvalue weighted by molar-refractivity contribution is 7.09. The van der Waals surface area contributed by atoms with Crippen molar-refractivity contribution in [3.8, 4) is 17.6 Å². The number of carbonyl (C=O) groups excluding carboxylic acids is 1. The lowest BCUT2D eigenvalue weighted by Crippen LogP contribution is -2.12. The number of nitrogens with zero attached hydrogens (tertiary/aromatic N) is 2. The van der Waals surface area contributed by atoms with Crippen molar-refractivity contribution in [2.75, 3.05) is 6.61 Å². The zero-order chi connectivity index (χ0) is 19.9. The molecule has 1 heterocycles. The molecule has 28 heavy (non-hydrogen) atoms. The van der Waals surface area contributed by atoms with Gasteiger partial charge in [0.05, 0.1) is 35.4 Å². The number of benzene rings is 2. The summed E-state index contributed by atoms with van der Waals surface area (Å²) in [7, 11) is 0. The molecule has 0 atom stereocenters. The highest BCUT2D eigenvalue weighted by Crippen LogP contribution is 2.29. The first-order valence-electron chi connectivity index (χ1n) is 8.62. The first kappa shape index (κ1) is 19.9. The molecule has 0 bridgehead atoms. The molecule has 0 fully saturated rings. The minimum Gasteiger partial charge on any atom is -0.490 e. The molecule has 0 aliphatic heterocycles. The molecule has 0 radical (unpaired) electrons. The molecule has 0 aliphatic rings. The Balaban J connectivity index is 1.64. The Morgan fingerprint density at radius 2 is 2.11 bits per heavy atom. The Bertz CT molecular complexity index is 1030. The fraction of sp³-hybridized carbons (Fsp3) is 0.190. The quantitative estimate of drug-likeness (QED) is 0.411. The Kier molecular flexibility index (Phi) is 6.64. The molecule has 0 N–H and O–H groups in total. The fourth-order valence-electron chi connectivity index (χ4n) is 2.57. The molecule has 3 aromatic rings. The van der Waals surface area contributed by atoms with E-state index < -0.39 is 5.97 Å². The van der Waals surface area contributed by atoms with Gasteiger partial charge in [-0.3, -0.25) is 4.79 Å². The molecule has 0 saturated heterocycles. The number of ether oxygens (including phenoxy) is 2. The summed E-state index contributed by atoms with van der Waals surface area (Å²) in [5.41, 5.74) is 2.15. The molecule has 0 spiro atoms. The summed E-state index contributed by atoms with van der Waals surface area (Å²) in [5, 5.41) is 12.4. The number of hydrogen-bond acceptors (Lipinski definition) is 6. The standard InChI is InChI=1S/C21H17ClN2O3S/c1-2-26-19-9-15(12-23)6-7-18(19)27-21(25)11-17-13-28-20(24-17)10-14-4-3-5-16(22)8-14/h3-9,13H,2,10-11H2,1H3. The second-order valence-corrected chi connectivity index (χ2v) is 7.28. The van der Waals surface area contributed by atoms with Gasteiger partial charge in [-0.1, -0.05) is 23.7 Å². The first-order valence-corrected chi connectivity index (χ1v) is 9.88. The number of hydrogen-bond donors (Lipinski definition) is 0. The maximum Gasteiger partial charge on any atom is 0.317 e. The molecule has 7 heteroatoms. The molecule has 0 saturated carbocycles. The van der Waals surface area contributed by atoms with Gasteiger partial charge in [0, 0.05) is 22.9 Å². The van der Waals surface area contributed by atoms with Crippen molar-refractivity contribution in [2.45, 2.75) is 19.8 Å². The summed E-state index contributed by atoms with van der Waals surface area (Å²) in [5.74, 6) is 0.223. The van der Waals surface area contributed by atoms with E-state index in [0.717, 1.165) is 10.6 Å². The van der Waals surface area contributed by atoms with E-state index in [9.17, 15) is 4.79 Å². The van der Waals surface area contributed by atoms with Crippen LogP contribution in [0, 0.1) is 11.3 Å². The molecule has 142 valence electrons. The zero-order valence-corrected chi connectivity index (χ0v) is 16.7. The van der Waals surface area contributed by atoms with Gasteiger partial charge >= 0.3 is 5.97 Å². The van der Waals surface area contributed by atoms with Crippen LogP contribution in [0.3, 0.4) is 0 Å². The van der Waals surface area contributed by atoms with Gasteiger partial charge in [0.25, 0.3) is 0 Å². The Morgan fingerprint density at radius 3 is 2.86 bits per heavy atom. The second-order valence-electron chi connectivity index (χ2n) is 5.90. The largest absolute Gasteiger partial charge is 0.490 e. The average molecular weight is 413 g/mol. The molecule has 5 nitrogen and oxygen atoms in total. The van der Waals surface area contributed by atoms with E-state index in [1.807, 2.05) is 42.6 Å². The monoisotopic (exact) mass is 412 g/mol. The van der Waals surface area contributed by atoms with Gasteiger partial charge in [0.2, 0.25) is 0 Å². The molecule has 1 aromatic heterocycles. The molecule has 0 unspecified atom stereocenters. The normalized spacial score (nSPS) is 10.3. The summed E-state index contributed by atoms with van der Waals surface area (Å²) in [6.07, 6.45) is 0.710. The number of thiazole rings is 1. The van der Waals surface area contributed by atoms with Crippen molar-refractivity contribution in [2.24, 2.45) is 0 Å². The molecule has 2 aromatic carbocycles. The van der Waals surface area contributed by atoms with Crippen molar-refractivity contribution in [1.82, 2.24) is 4.98 Å². The van der Waals surface area contributed by atoms with Crippen molar-refractivity contribution in [3.05, 3.63) is 74.7 Å². The zero-order valence-electron chi connectivity index (χ0n) is 15.1. The van der Waals surface area contributed by atoms with E-state index in [2.05, 4.69) is 4.98 Å². The van der Waals surface area contributed by atoms with Crippen LogP contribution in [0.15, 0.2) is 47.8 Å². The van der Waals surface area contributed by atoms with E-state index in [1.54, 1.807) is 18.2 Å². The van der Waals surface area contributed by atoms with Crippen LogP contribution < -0.4 is 9.47 Å².